The van der Waals surface area contributed by atoms with Crippen LogP contribution in [0.15, 0.2) is 59.6 Å². The van der Waals surface area contributed by atoms with Crippen LogP contribution >= 0.6 is 0 Å². The van der Waals surface area contributed by atoms with Gasteiger partial charge in [0.25, 0.3) is 0 Å². The first-order valence-corrected chi connectivity index (χ1v) is 8.51. The first-order valence-electron chi connectivity index (χ1n) is 8.51. The third kappa shape index (κ3) is 4.39. The second-order valence-corrected chi connectivity index (χ2v) is 6.45. The van der Waals surface area contributed by atoms with Crippen molar-refractivity contribution >= 4 is 25.7 Å². The highest BCUT2D eigenvalue weighted by atomic mass is 16.2. The maximum absolute atomic E-state index is 12.6. The summed E-state index contributed by atoms with van der Waals surface area (Å²) in [6, 6.07) is 18.1. The molecule has 1 aliphatic heterocycles. The van der Waals surface area contributed by atoms with Gasteiger partial charge in [0.1, 0.15) is 6.54 Å². The number of nitrogens with zero attached hydrogens (tertiary/aromatic N) is 2. The molecule has 2 aromatic carbocycles. The van der Waals surface area contributed by atoms with Crippen LogP contribution in [-0.2, 0) is 4.79 Å². The molecule has 0 aromatic heterocycles. The summed E-state index contributed by atoms with van der Waals surface area (Å²) in [7, 11) is 0. The molecule has 0 atom stereocenters. The number of benzodiazepines with no additional fused rings is 1. The van der Waals surface area contributed by atoms with Crippen LogP contribution in [0.1, 0.15) is 45.7 Å². The Labute approximate surface area is 153 Å². The zero-order valence-electron chi connectivity index (χ0n) is 15.8. The molecule has 1 aliphatic rings. The fourth-order valence-corrected chi connectivity index (χ4v) is 2.88. The number of carbonyl (C=O) groups excluding carboxylic acids is 1. The Bertz CT molecular complexity index is 733. The number of anilines is 1. The number of fused-ring (bicyclic) bond motifs is 1. The normalized spacial score (nSPS) is 13.6. The van der Waals surface area contributed by atoms with Crippen LogP contribution in [0, 0.1) is 0 Å². The number of aliphatic imine (C=N–C) groups is 1. The average molecular weight is 333 g/mol. The number of amides is 1. The lowest BCUT2D eigenvalue weighted by Crippen LogP contribution is -2.47. The summed E-state index contributed by atoms with van der Waals surface area (Å²) in [5.74, 6) is 0.0332. The second-order valence-electron chi connectivity index (χ2n) is 6.45. The van der Waals surface area contributed by atoms with Crippen LogP contribution in [0.25, 0.3) is 0 Å². The van der Waals surface area contributed by atoms with Gasteiger partial charge in [-0.2, -0.15) is 0 Å². The standard InChI is InChI=1S/C19H20N2O.C2H6.B/c1-19(2,3)21-16-12-8-7-11-15(16)18(20-13-17(21)22)14-9-5-4-6-10-14;1-2;/h4-12H,13H2,1-3H3;1-2H3;. The summed E-state index contributed by atoms with van der Waals surface area (Å²) in [5.41, 5.74) is 3.58. The highest BCUT2D eigenvalue weighted by molar-refractivity contribution is 6.19. The van der Waals surface area contributed by atoms with Crippen LogP contribution in [0.5, 0.6) is 0 Å². The van der Waals surface area contributed by atoms with Crippen LogP contribution in [0.2, 0.25) is 0 Å². The number of carbonyl (C=O) groups is 1. The largest absolute Gasteiger partial charge is 0.305 e. The molecule has 0 spiro atoms. The summed E-state index contributed by atoms with van der Waals surface area (Å²) in [4.78, 5) is 19.1. The molecule has 0 N–H and O–H groups in total. The van der Waals surface area contributed by atoms with Crippen LogP contribution in [0.3, 0.4) is 0 Å². The molecule has 25 heavy (non-hydrogen) atoms. The second kappa shape index (κ2) is 8.66. The van der Waals surface area contributed by atoms with Gasteiger partial charge in [-0.25, -0.2) is 0 Å². The third-order valence-corrected chi connectivity index (χ3v) is 3.74. The van der Waals surface area contributed by atoms with E-state index in [1.54, 1.807) is 0 Å². The molecule has 0 bridgehead atoms. The summed E-state index contributed by atoms with van der Waals surface area (Å²) in [6.45, 7) is 10.3. The highest BCUT2D eigenvalue weighted by Gasteiger charge is 2.32. The molecule has 3 rings (SSSR count). The number of hydrogen-bond acceptors (Lipinski definition) is 2. The van der Waals surface area contributed by atoms with E-state index >= 15 is 0 Å². The Morgan fingerprint density at radius 2 is 1.48 bits per heavy atom. The first-order chi connectivity index (χ1) is 11.5. The van der Waals surface area contributed by atoms with Crippen molar-refractivity contribution in [3.8, 4) is 0 Å². The molecule has 2 aromatic rings. The summed E-state index contributed by atoms with van der Waals surface area (Å²) < 4.78 is 0. The molecule has 3 radical (unpaired) electrons. The number of para-hydroxylation sites is 1. The van der Waals surface area contributed by atoms with E-state index in [1.165, 1.54) is 0 Å². The van der Waals surface area contributed by atoms with Gasteiger partial charge in [-0.3, -0.25) is 9.79 Å². The zero-order chi connectivity index (χ0) is 17.7. The van der Waals surface area contributed by atoms with E-state index in [2.05, 4.69) is 25.8 Å². The highest BCUT2D eigenvalue weighted by Crippen LogP contribution is 2.31. The Morgan fingerprint density at radius 1 is 0.920 bits per heavy atom. The van der Waals surface area contributed by atoms with Gasteiger partial charge in [0.05, 0.1) is 11.4 Å². The quantitative estimate of drug-likeness (QED) is 0.716. The number of hydrogen-bond donors (Lipinski definition) is 0. The van der Waals surface area contributed by atoms with Crippen molar-refractivity contribution in [2.45, 2.75) is 40.2 Å². The van der Waals surface area contributed by atoms with E-state index in [0.29, 0.717) is 0 Å². The molecule has 0 fully saturated rings. The average Bonchev–Trinajstić information content (AvgIpc) is 2.73. The Hall–Kier alpha value is -2.36. The van der Waals surface area contributed by atoms with Crippen LogP contribution in [0.4, 0.5) is 5.69 Å². The van der Waals surface area contributed by atoms with Gasteiger partial charge >= 0.3 is 0 Å². The summed E-state index contributed by atoms with van der Waals surface area (Å²) in [6.07, 6.45) is 0. The Kier molecular flexibility index (Phi) is 7.16. The topological polar surface area (TPSA) is 32.7 Å². The summed E-state index contributed by atoms with van der Waals surface area (Å²) in [5, 5.41) is 0. The molecule has 129 valence electrons. The van der Waals surface area contributed by atoms with Crippen molar-refractivity contribution in [3.05, 3.63) is 65.7 Å². The van der Waals surface area contributed by atoms with Gasteiger partial charge < -0.3 is 4.90 Å². The van der Waals surface area contributed by atoms with Crippen molar-refractivity contribution in [1.82, 2.24) is 0 Å². The lowest BCUT2D eigenvalue weighted by atomic mass is 9.97. The SMILES string of the molecule is CC.CC(C)(C)N1C(=O)CN=C(c2ccccc2)c2ccccc21.[B]. The van der Waals surface area contributed by atoms with Gasteiger partial charge in [0.15, 0.2) is 0 Å². The predicted molar refractivity (Wildman–Crippen MR) is 108 cm³/mol. The minimum Gasteiger partial charge on any atom is -0.305 e. The number of benzene rings is 2. The minimum absolute atomic E-state index is 0. The van der Waals surface area contributed by atoms with Gasteiger partial charge in [0, 0.05) is 25.1 Å². The minimum atomic E-state index is -0.283. The Morgan fingerprint density at radius 3 is 2.08 bits per heavy atom. The van der Waals surface area contributed by atoms with Gasteiger partial charge in [-0.05, 0) is 26.8 Å². The first kappa shape index (κ1) is 20.7. The van der Waals surface area contributed by atoms with Gasteiger partial charge in [-0.1, -0.05) is 62.4 Å². The van der Waals surface area contributed by atoms with Crippen LogP contribution < -0.4 is 4.90 Å². The van der Waals surface area contributed by atoms with Crippen molar-refractivity contribution in [2.24, 2.45) is 4.99 Å². The molecule has 1 heterocycles. The monoisotopic (exact) mass is 333 g/mol. The van der Waals surface area contributed by atoms with Crippen molar-refractivity contribution < 1.29 is 4.79 Å². The third-order valence-electron chi connectivity index (χ3n) is 3.74. The number of rotatable bonds is 1. The molecular weight excluding hydrogens is 307 g/mol. The molecule has 0 saturated carbocycles. The summed E-state index contributed by atoms with van der Waals surface area (Å²) >= 11 is 0. The van der Waals surface area contributed by atoms with Gasteiger partial charge in [0.2, 0.25) is 5.91 Å². The van der Waals surface area contributed by atoms with E-state index in [0.717, 1.165) is 22.5 Å². The lowest BCUT2D eigenvalue weighted by Gasteiger charge is -2.35. The van der Waals surface area contributed by atoms with Gasteiger partial charge in [-0.15, -0.1) is 0 Å². The van der Waals surface area contributed by atoms with Crippen LogP contribution in [-0.4, -0.2) is 32.1 Å². The fraction of sp³-hybridized carbons (Fsp3) is 0.333. The maximum atomic E-state index is 12.6. The maximum Gasteiger partial charge on any atom is 0.249 e. The molecule has 0 unspecified atom stereocenters. The molecule has 4 heteroatoms. The van der Waals surface area contributed by atoms with E-state index in [-0.39, 0.29) is 26.4 Å². The smallest absolute Gasteiger partial charge is 0.249 e. The molecular formula is C21H26BN2O. The fourth-order valence-electron chi connectivity index (χ4n) is 2.88. The molecule has 0 aliphatic carbocycles. The van der Waals surface area contributed by atoms with Crippen molar-refractivity contribution in [2.75, 3.05) is 11.4 Å². The van der Waals surface area contributed by atoms with Crippen molar-refractivity contribution in [3.63, 3.8) is 0 Å². The molecule has 0 saturated heterocycles. The molecule has 3 nitrogen and oxygen atoms in total. The lowest BCUT2D eigenvalue weighted by molar-refractivity contribution is -0.118. The molecule has 1 amide bonds. The predicted octanol–water partition coefficient (Wildman–Crippen LogP) is 4.31. The van der Waals surface area contributed by atoms with E-state index in [9.17, 15) is 4.79 Å². The van der Waals surface area contributed by atoms with E-state index < -0.39 is 0 Å². The zero-order valence-corrected chi connectivity index (χ0v) is 15.8. The Balaban J connectivity index is 0.00000101. The van der Waals surface area contributed by atoms with Crippen molar-refractivity contribution in [1.29, 1.82) is 0 Å². The van der Waals surface area contributed by atoms with E-state index in [1.807, 2.05) is 73.3 Å². The van der Waals surface area contributed by atoms with E-state index in [4.69, 9.17) is 0 Å².